The van der Waals surface area contributed by atoms with Crippen molar-refractivity contribution < 1.29 is 33.6 Å². The number of nitrogens with two attached hydrogens (primary N) is 1. The van der Waals surface area contributed by atoms with Crippen molar-refractivity contribution in [3.63, 3.8) is 0 Å². The van der Waals surface area contributed by atoms with E-state index in [0.717, 1.165) is 61.6 Å². The number of carbonyl (C=O) groups is 2. The number of primary amides is 1. The maximum absolute atomic E-state index is 12.9. The van der Waals surface area contributed by atoms with Crippen LogP contribution in [-0.2, 0) is 19.7 Å². The van der Waals surface area contributed by atoms with Crippen LogP contribution in [0.25, 0.3) is 0 Å². The third kappa shape index (κ3) is 5.40. The zero-order chi connectivity index (χ0) is 35.7. The lowest BCUT2D eigenvalue weighted by Crippen LogP contribution is -2.68. The number of benzene rings is 1. The lowest BCUT2D eigenvalue weighted by molar-refractivity contribution is -0.221. The fraction of sp³-hybridized carbons (Fsp3) is 0.744. The average molecular weight is 686 g/mol. The highest BCUT2D eigenvalue weighted by Gasteiger charge is 2.72. The first-order valence-corrected chi connectivity index (χ1v) is 18.9. The maximum Gasteiger partial charge on any atom is 0.513 e. The molecule has 48 heavy (non-hydrogen) atoms. The molecule has 4 aliphatic carbocycles. The highest BCUT2D eigenvalue weighted by Crippen LogP contribution is 2.80. The molecule has 0 aromatic heterocycles. The van der Waals surface area contributed by atoms with Gasteiger partial charge in [0.1, 0.15) is 0 Å². The van der Waals surface area contributed by atoms with Gasteiger partial charge in [-0.2, -0.15) is 0 Å². The van der Waals surface area contributed by atoms with Crippen molar-refractivity contribution in [1.82, 2.24) is 0 Å². The molecule has 3 fully saturated rings. The lowest BCUT2D eigenvalue weighted by Gasteiger charge is -2.74. The van der Waals surface area contributed by atoms with E-state index in [0.29, 0.717) is 5.25 Å². The normalized spacial score (nSPS) is 37.7. The molecule has 0 heterocycles. The van der Waals surface area contributed by atoms with Gasteiger partial charge in [-0.15, -0.1) is 11.8 Å². The molecule has 0 radical (unpaired) electrons. The number of rotatable bonds is 9. The molecule has 0 aliphatic heterocycles. The molecular weight excluding hydrogens is 626 g/mol. The Balaban J connectivity index is 1.72. The number of carbonyl (C=O) groups excluding carboxylic acids is 2. The van der Waals surface area contributed by atoms with Gasteiger partial charge in [-0.3, -0.25) is 4.79 Å². The van der Waals surface area contributed by atoms with E-state index in [9.17, 15) is 14.7 Å². The van der Waals surface area contributed by atoms with Crippen LogP contribution in [0.15, 0.2) is 17.7 Å². The summed E-state index contributed by atoms with van der Waals surface area (Å²) in [6.07, 6.45) is 8.38. The number of thioether (sulfide) groups is 1. The fourth-order valence-corrected chi connectivity index (χ4v) is 11.9. The zero-order valence-electron chi connectivity index (χ0n) is 31.1. The number of hydrogen-bond acceptors (Lipinski definition) is 8. The minimum Gasteiger partial charge on any atom is -0.437 e. The monoisotopic (exact) mass is 685 g/mol. The summed E-state index contributed by atoms with van der Waals surface area (Å²) >= 11 is 1.89. The minimum absolute atomic E-state index is 0.00818. The first-order valence-electron chi connectivity index (χ1n) is 17.9. The molecule has 1 aromatic rings. The van der Waals surface area contributed by atoms with Gasteiger partial charge in [-0.25, -0.2) is 4.79 Å². The summed E-state index contributed by atoms with van der Waals surface area (Å²) in [7, 11) is 0. The molecule has 4 aliphatic rings. The Labute approximate surface area is 292 Å². The minimum atomic E-state index is -1.52. The molecular formula is C39H59NO7S. The first kappa shape index (κ1) is 37.0. The Kier molecular flexibility index (Phi) is 9.66. The Bertz CT molecular complexity index is 1490. The van der Waals surface area contributed by atoms with Gasteiger partial charge in [0.15, 0.2) is 11.5 Å². The van der Waals surface area contributed by atoms with Gasteiger partial charge in [0.2, 0.25) is 5.91 Å². The third-order valence-electron chi connectivity index (χ3n) is 14.0. The smallest absolute Gasteiger partial charge is 0.437 e. The van der Waals surface area contributed by atoms with Crippen molar-refractivity contribution in [2.75, 3.05) is 13.2 Å². The lowest BCUT2D eigenvalue weighted by atomic mass is 9.29. The standard InChI is InChI=1S/C39H59NO7S/c1-12-44-32(42)46-26-20-25-29(24(5)30(26)47-33(43)45-13-2)27(48-23(3)4)21-28-36(25,8)17-19-38(10)37(28,9)18-16-35(7)15-14-34(6,31(40)41)22-39(35,38)11/h20-21,23,27,33,43H,12-19,22H2,1-11H3,(H2,40,41)/t27?,33?,34-,35-,36+,37-,38-,39-/m1/s1. The topological polar surface area (TPSA) is 117 Å². The van der Waals surface area contributed by atoms with Crippen LogP contribution in [0.2, 0.25) is 0 Å². The van der Waals surface area contributed by atoms with E-state index in [-0.39, 0.29) is 62.9 Å². The van der Waals surface area contributed by atoms with E-state index in [4.69, 9.17) is 24.7 Å². The van der Waals surface area contributed by atoms with Crippen LogP contribution in [0.1, 0.15) is 136 Å². The van der Waals surface area contributed by atoms with E-state index in [2.05, 4.69) is 61.5 Å². The molecule has 0 bridgehead atoms. The Morgan fingerprint density at radius 1 is 0.979 bits per heavy atom. The quantitative estimate of drug-likeness (QED) is 0.115. The van der Waals surface area contributed by atoms with Crippen LogP contribution in [-0.4, -0.2) is 42.1 Å². The van der Waals surface area contributed by atoms with Crippen LogP contribution in [0.4, 0.5) is 4.79 Å². The Morgan fingerprint density at radius 3 is 2.25 bits per heavy atom. The van der Waals surface area contributed by atoms with Gasteiger partial charge < -0.3 is 29.8 Å². The second kappa shape index (κ2) is 12.5. The summed E-state index contributed by atoms with van der Waals surface area (Å²) < 4.78 is 22.3. The highest BCUT2D eigenvalue weighted by molar-refractivity contribution is 8.00. The van der Waals surface area contributed by atoms with Crippen LogP contribution in [0.3, 0.4) is 0 Å². The Hall–Kier alpha value is -2.23. The van der Waals surface area contributed by atoms with Crippen molar-refractivity contribution in [3.05, 3.63) is 34.4 Å². The SMILES string of the molecule is CCOC(=O)Oc1cc2c(c(C)c1OC(O)OCC)C(SC(C)C)C=C1[C@@]2(C)CC[C@@]2(C)[C@]3(C)C[C@](C)(C(N)=O)CC[C@]3(C)CC[C@]12C. The summed E-state index contributed by atoms with van der Waals surface area (Å²) in [6, 6.07) is 1.96. The number of amides is 1. The zero-order valence-corrected chi connectivity index (χ0v) is 31.9. The first-order chi connectivity index (χ1) is 22.3. The average Bonchev–Trinajstić information content (AvgIpc) is 2.99. The number of hydrogen-bond donors (Lipinski definition) is 2. The van der Waals surface area contributed by atoms with Crippen LogP contribution >= 0.6 is 11.8 Å². The summed E-state index contributed by atoms with van der Waals surface area (Å²) in [6.45, 7) is 23.2. The summed E-state index contributed by atoms with van der Waals surface area (Å²) in [5.41, 5.74) is 9.49. The summed E-state index contributed by atoms with van der Waals surface area (Å²) in [4.78, 5) is 25.7. The molecule has 268 valence electrons. The van der Waals surface area contributed by atoms with Gasteiger partial charge >= 0.3 is 12.6 Å². The number of fused-ring (bicyclic) bond motifs is 7. The van der Waals surface area contributed by atoms with Crippen LogP contribution in [0, 0.1) is 34.0 Å². The van der Waals surface area contributed by atoms with Crippen molar-refractivity contribution in [2.24, 2.45) is 32.8 Å². The van der Waals surface area contributed by atoms with Gasteiger partial charge in [0.25, 0.3) is 0 Å². The number of ether oxygens (including phenoxy) is 4. The van der Waals surface area contributed by atoms with E-state index < -0.39 is 18.0 Å². The number of aliphatic hydroxyl groups excluding tert-OH is 1. The van der Waals surface area contributed by atoms with E-state index in [1.165, 1.54) is 5.57 Å². The largest absolute Gasteiger partial charge is 0.513 e. The Morgan fingerprint density at radius 2 is 1.65 bits per heavy atom. The third-order valence-corrected chi connectivity index (χ3v) is 15.2. The van der Waals surface area contributed by atoms with Crippen molar-refractivity contribution in [3.8, 4) is 11.5 Å². The van der Waals surface area contributed by atoms with Crippen LogP contribution < -0.4 is 15.2 Å². The molecule has 5 rings (SSSR count). The van der Waals surface area contributed by atoms with Gasteiger partial charge in [0.05, 0.1) is 13.2 Å². The van der Waals surface area contributed by atoms with Gasteiger partial charge in [-0.1, -0.05) is 67.0 Å². The van der Waals surface area contributed by atoms with Crippen LogP contribution in [0.5, 0.6) is 11.5 Å². The molecule has 2 unspecified atom stereocenters. The summed E-state index contributed by atoms with van der Waals surface area (Å²) in [5.74, 6) is 0.308. The molecule has 3 saturated carbocycles. The fourth-order valence-electron chi connectivity index (χ4n) is 10.6. The molecule has 0 saturated heterocycles. The van der Waals surface area contributed by atoms with Gasteiger partial charge in [0, 0.05) is 21.6 Å². The van der Waals surface area contributed by atoms with Crippen molar-refractivity contribution in [2.45, 2.75) is 143 Å². The van der Waals surface area contributed by atoms with E-state index in [1.54, 1.807) is 13.8 Å². The molecule has 1 amide bonds. The predicted molar refractivity (Wildman–Crippen MR) is 190 cm³/mol. The van der Waals surface area contributed by atoms with E-state index in [1.807, 2.05) is 24.8 Å². The second-order valence-electron chi connectivity index (χ2n) is 16.6. The van der Waals surface area contributed by atoms with Crippen molar-refractivity contribution >= 4 is 23.8 Å². The molecule has 9 heteroatoms. The maximum atomic E-state index is 12.9. The predicted octanol–water partition coefficient (Wildman–Crippen LogP) is 8.89. The number of aliphatic hydroxyl groups is 1. The molecule has 8 nitrogen and oxygen atoms in total. The van der Waals surface area contributed by atoms with Crippen molar-refractivity contribution in [1.29, 1.82) is 0 Å². The van der Waals surface area contributed by atoms with E-state index >= 15 is 0 Å². The summed E-state index contributed by atoms with van der Waals surface area (Å²) in [5, 5.41) is 10.9. The molecule has 3 N–H and O–H groups in total. The molecule has 1 aromatic carbocycles. The number of allylic oxidation sites excluding steroid dienone is 1. The van der Waals surface area contributed by atoms with Gasteiger partial charge in [-0.05, 0) is 110 Å². The molecule has 0 spiro atoms. The highest BCUT2D eigenvalue weighted by atomic mass is 32.2. The molecule has 8 atom stereocenters. The second-order valence-corrected chi connectivity index (χ2v) is 18.4.